The first-order valence-electron chi connectivity index (χ1n) is 6.11. The first kappa shape index (κ1) is 14.9. The predicted molar refractivity (Wildman–Crippen MR) is 85.4 cm³/mol. The van der Waals surface area contributed by atoms with Crippen molar-refractivity contribution in [1.82, 2.24) is 4.98 Å². The molecule has 2 rings (SSSR count). The molecule has 6 heteroatoms. The van der Waals surface area contributed by atoms with Gasteiger partial charge in [0, 0.05) is 13.6 Å². The Morgan fingerprint density at radius 2 is 1.95 bits per heavy atom. The number of pyridine rings is 1. The van der Waals surface area contributed by atoms with Crippen LogP contribution in [0.25, 0.3) is 0 Å². The molecule has 106 valence electrons. The Kier molecular flexibility index (Phi) is 4.70. The number of halogens is 2. The summed E-state index contributed by atoms with van der Waals surface area (Å²) in [6.07, 6.45) is 0. The van der Waals surface area contributed by atoms with Crippen molar-refractivity contribution in [3.8, 4) is 0 Å². The highest BCUT2D eigenvalue weighted by Crippen LogP contribution is 2.31. The van der Waals surface area contributed by atoms with Crippen molar-refractivity contribution in [2.24, 2.45) is 5.84 Å². The van der Waals surface area contributed by atoms with E-state index >= 15 is 0 Å². The second-order valence-corrected chi connectivity index (χ2v) is 5.37. The van der Waals surface area contributed by atoms with Gasteiger partial charge in [0.05, 0.1) is 10.0 Å². The lowest BCUT2D eigenvalue weighted by molar-refractivity contribution is 0.891. The van der Waals surface area contributed by atoms with Crippen LogP contribution in [-0.4, -0.2) is 12.0 Å². The van der Waals surface area contributed by atoms with E-state index in [4.69, 9.17) is 29.0 Å². The van der Waals surface area contributed by atoms with Crippen LogP contribution in [0.15, 0.2) is 30.3 Å². The fraction of sp³-hybridized carbons (Fsp3) is 0.214. The summed E-state index contributed by atoms with van der Waals surface area (Å²) in [4.78, 5) is 6.30. The topological polar surface area (TPSA) is 54.2 Å². The molecule has 20 heavy (non-hydrogen) atoms. The summed E-state index contributed by atoms with van der Waals surface area (Å²) >= 11 is 12.2. The van der Waals surface area contributed by atoms with E-state index in [1.54, 1.807) is 6.07 Å². The minimum absolute atomic E-state index is 0.394. The van der Waals surface area contributed by atoms with Gasteiger partial charge >= 0.3 is 0 Å². The van der Waals surface area contributed by atoms with Crippen molar-refractivity contribution < 1.29 is 0 Å². The van der Waals surface area contributed by atoms with Crippen molar-refractivity contribution >= 4 is 34.8 Å². The molecule has 0 unspecified atom stereocenters. The van der Waals surface area contributed by atoms with E-state index in [0.29, 0.717) is 28.2 Å². The first-order chi connectivity index (χ1) is 9.52. The molecule has 0 saturated heterocycles. The van der Waals surface area contributed by atoms with E-state index in [9.17, 15) is 0 Å². The van der Waals surface area contributed by atoms with Gasteiger partial charge in [0.2, 0.25) is 0 Å². The van der Waals surface area contributed by atoms with Crippen molar-refractivity contribution in [2.45, 2.75) is 13.5 Å². The van der Waals surface area contributed by atoms with Gasteiger partial charge in [-0.25, -0.2) is 10.8 Å². The van der Waals surface area contributed by atoms with E-state index in [-0.39, 0.29) is 0 Å². The standard InChI is InChI=1S/C14H16Cl2N4/c1-9-5-3-4-6-10(9)8-20(2)14-12(16)7-11(15)13(18-14)19-17/h3-7H,8,17H2,1-2H3,(H,18,19). The van der Waals surface area contributed by atoms with E-state index in [2.05, 4.69) is 29.5 Å². The summed E-state index contributed by atoms with van der Waals surface area (Å²) in [6.45, 7) is 2.78. The lowest BCUT2D eigenvalue weighted by Crippen LogP contribution is -2.20. The van der Waals surface area contributed by atoms with Gasteiger partial charge in [-0.1, -0.05) is 47.5 Å². The Morgan fingerprint density at radius 1 is 1.25 bits per heavy atom. The van der Waals surface area contributed by atoms with Crippen LogP contribution in [0.1, 0.15) is 11.1 Å². The minimum Gasteiger partial charge on any atom is -0.354 e. The quantitative estimate of drug-likeness (QED) is 0.669. The molecule has 0 saturated carbocycles. The van der Waals surface area contributed by atoms with Crippen LogP contribution in [0.4, 0.5) is 11.6 Å². The average Bonchev–Trinajstić information content (AvgIpc) is 2.41. The Labute approximate surface area is 128 Å². The predicted octanol–water partition coefficient (Wildman–Crippen LogP) is 3.62. The average molecular weight is 311 g/mol. The molecular formula is C14H16Cl2N4. The molecule has 0 atom stereocenters. The number of aromatic nitrogens is 1. The summed E-state index contributed by atoms with van der Waals surface area (Å²) < 4.78 is 0. The number of hydrazine groups is 1. The van der Waals surface area contributed by atoms with Crippen molar-refractivity contribution in [2.75, 3.05) is 17.4 Å². The summed E-state index contributed by atoms with van der Waals surface area (Å²) in [6, 6.07) is 9.82. The molecule has 0 bridgehead atoms. The first-order valence-corrected chi connectivity index (χ1v) is 6.87. The van der Waals surface area contributed by atoms with Gasteiger partial charge in [-0.05, 0) is 24.1 Å². The lowest BCUT2D eigenvalue weighted by atomic mass is 10.1. The highest BCUT2D eigenvalue weighted by molar-refractivity contribution is 6.37. The number of benzene rings is 1. The number of rotatable bonds is 4. The molecule has 0 fully saturated rings. The molecule has 0 aliphatic heterocycles. The van der Waals surface area contributed by atoms with Crippen LogP contribution in [0, 0.1) is 6.92 Å². The molecule has 0 amide bonds. The zero-order valence-corrected chi connectivity index (χ0v) is 12.8. The SMILES string of the molecule is Cc1ccccc1CN(C)c1nc(NN)c(Cl)cc1Cl. The molecule has 1 aromatic carbocycles. The van der Waals surface area contributed by atoms with Gasteiger partial charge in [0.25, 0.3) is 0 Å². The zero-order valence-electron chi connectivity index (χ0n) is 11.3. The summed E-state index contributed by atoms with van der Waals surface area (Å²) in [5.41, 5.74) is 4.90. The second kappa shape index (κ2) is 6.31. The molecule has 0 aliphatic rings. The highest BCUT2D eigenvalue weighted by atomic mass is 35.5. The van der Waals surface area contributed by atoms with Crippen LogP contribution in [-0.2, 0) is 6.54 Å². The van der Waals surface area contributed by atoms with Gasteiger partial charge in [-0.2, -0.15) is 0 Å². The molecule has 1 heterocycles. The van der Waals surface area contributed by atoms with Crippen LogP contribution in [0.3, 0.4) is 0 Å². The zero-order chi connectivity index (χ0) is 14.7. The molecule has 2 aromatic rings. The van der Waals surface area contributed by atoms with E-state index in [0.717, 1.165) is 0 Å². The number of aryl methyl sites for hydroxylation is 1. The fourth-order valence-corrected chi connectivity index (χ4v) is 2.50. The smallest absolute Gasteiger partial charge is 0.161 e. The molecule has 3 N–H and O–H groups in total. The Morgan fingerprint density at radius 3 is 2.60 bits per heavy atom. The molecule has 0 spiro atoms. The van der Waals surface area contributed by atoms with Gasteiger partial charge in [-0.15, -0.1) is 0 Å². The van der Waals surface area contributed by atoms with Crippen LogP contribution in [0.2, 0.25) is 10.0 Å². The number of hydrogen-bond donors (Lipinski definition) is 2. The normalized spacial score (nSPS) is 10.4. The summed E-state index contributed by atoms with van der Waals surface area (Å²) in [5.74, 6) is 6.42. The molecular weight excluding hydrogens is 295 g/mol. The largest absolute Gasteiger partial charge is 0.354 e. The maximum Gasteiger partial charge on any atom is 0.161 e. The van der Waals surface area contributed by atoms with Gasteiger partial charge in [-0.3, -0.25) is 0 Å². The lowest BCUT2D eigenvalue weighted by Gasteiger charge is -2.21. The van der Waals surface area contributed by atoms with E-state index in [1.165, 1.54) is 11.1 Å². The maximum atomic E-state index is 6.20. The monoisotopic (exact) mass is 310 g/mol. The Bertz CT molecular complexity index is 616. The molecule has 0 aliphatic carbocycles. The Hall–Kier alpha value is -1.49. The number of nitrogens with one attached hydrogen (secondary N) is 1. The minimum atomic E-state index is 0.394. The third-order valence-electron chi connectivity index (χ3n) is 3.08. The van der Waals surface area contributed by atoms with Crippen molar-refractivity contribution in [3.05, 3.63) is 51.5 Å². The van der Waals surface area contributed by atoms with Crippen LogP contribution < -0.4 is 16.2 Å². The third-order valence-corrected chi connectivity index (χ3v) is 3.64. The fourth-order valence-electron chi connectivity index (χ4n) is 1.94. The van der Waals surface area contributed by atoms with Gasteiger partial charge in [0.15, 0.2) is 5.82 Å². The van der Waals surface area contributed by atoms with E-state index < -0.39 is 0 Å². The highest BCUT2D eigenvalue weighted by Gasteiger charge is 2.13. The third kappa shape index (κ3) is 3.15. The van der Waals surface area contributed by atoms with E-state index in [1.807, 2.05) is 24.1 Å². The molecule has 0 radical (unpaired) electrons. The summed E-state index contributed by atoms with van der Waals surface area (Å²) in [5, 5.41) is 0.885. The molecule has 1 aromatic heterocycles. The van der Waals surface area contributed by atoms with Crippen LogP contribution >= 0.6 is 23.2 Å². The van der Waals surface area contributed by atoms with Crippen molar-refractivity contribution in [3.63, 3.8) is 0 Å². The number of anilines is 2. The van der Waals surface area contributed by atoms with Crippen LogP contribution in [0.5, 0.6) is 0 Å². The summed E-state index contributed by atoms with van der Waals surface area (Å²) in [7, 11) is 1.93. The second-order valence-electron chi connectivity index (χ2n) is 4.55. The number of nitrogens with zero attached hydrogens (tertiary/aromatic N) is 2. The number of hydrogen-bond acceptors (Lipinski definition) is 4. The number of nitrogen functional groups attached to an aromatic ring is 1. The van der Waals surface area contributed by atoms with Crippen molar-refractivity contribution in [1.29, 1.82) is 0 Å². The Balaban J connectivity index is 2.30. The molecule has 4 nitrogen and oxygen atoms in total. The number of nitrogens with two attached hydrogens (primary N) is 1. The van der Waals surface area contributed by atoms with Gasteiger partial charge < -0.3 is 10.3 Å². The maximum absolute atomic E-state index is 6.20. The van der Waals surface area contributed by atoms with Gasteiger partial charge in [0.1, 0.15) is 5.82 Å².